The summed E-state index contributed by atoms with van der Waals surface area (Å²) in [4.78, 5) is 18.2. The number of likely N-dealkylation sites (N-methyl/N-ethyl adjacent to an activating group) is 2. The fourth-order valence-electron chi connectivity index (χ4n) is 3.32. The van der Waals surface area contributed by atoms with E-state index in [1.165, 1.54) is 12.8 Å². The Hall–Kier alpha value is -1.70. The predicted molar refractivity (Wildman–Crippen MR) is 87.6 cm³/mol. The van der Waals surface area contributed by atoms with Crippen LogP contribution in [-0.2, 0) is 4.79 Å². The molecule has 1 saturated heterocycles. The van der Waals surface area contributed by atoms with Crippen LogP contribution >= 0.6 is 0 Å². The molecule has 7 nitrogen and oxygen atoms in total. The molecule has 2 fully saturated rings. The number of amides is 1. The van der Waals surface area contributed by atoms with Crippen LogP contribution in [0.4, 0.5) is 10.4 Å². The van der Waals surface area contributed by atoms with Crippen molar-refractivity contribution in [2.45, 2.75) is 51.4 Å². The van der Waals surface area contributed by atoms with E-state index in [0.717, 1.165) is 6.54 Å². The summed E-state index contributed by atoms with van der Waals surface area (Å²) in [6.45, 7) is 5.80. The zero-order valence-electron chi connectivity index (χ0n) is 14.6. The van der Waals surface area contributed by atoms with Crippen molar-refractivity contribution in [3.63, 3.8) is 0 Å². The topological polar surface area (TPSA) is 65.7 Å². The number of hydrogen-bond acceptors (Lipinski definition) is 6. The second kappa shape index (κ2) is 7.04. The van der Waals surface area contributed by atoms with E-state index < -0.39 is 6.17 Å². The van der Waals surface area contributed by atoms with Crippen LogP contribution in [-0.4, -0.2) is 77.4 Å². The normalized spacial score (nSPS) is 24.0. The standard InChI is InChI=1S/C16H26FN5O2/c1-4-21(13-5-6-13)10-15(23)20(3)9-14-7-12(17)8-22(14)16-19-18-11(2)24-16/h12-14H,4-10H2,1-3H3/t12-,14-/m0/s1. The molecule has 0 spiro atoms. The Morgan fingerprint density at radius 2 is 2.17 bits per heavy atom. The molecule has 8 heteroatoms. The fourth-order valence-corrected chi connectivity index (χ4v) is 3.32. The molecule has 1 aliphatic carbocycles. The maximum Gasteiger partial charge on any atom is 0.318 e. The fraction of sp³-hybridized carbons (Fsp3) is 0.812. The lowest BCUT2D eigenvalue weighted by Crippen LogP contribution is -2.45. The van der Waals surface area contributed by atoms with Gasteiger partial charge in [-0.25, -0.2) is 4.39 Å². The summed E-state index contributed by atoms with van der Waals surface area (Å²) >= 11 is 0. The van der Waals surface area contributed by atoms with E-state index in [1.54, 1.807) is 23.8 Å². The molecular weight excluding hydrogens is 313 g/mol. The largest absolute Gasteiger partial charge is 0.408 e. The van der Waals surface area contributed by atoms with Gasteiger partial charge in [0.25, 0.3) is 0 Å². The number of carbonyl (C=O) groups excluding carboxylic acids is 1. The number of aromatic nitrogens is 2. The lowest BCUT2D eigenvalue weighted by molar-refractivity contribution is -0.131. The maximum atomic E-state index is 13.9. The van der Waals surface area contributed by atoms with E-state index in [1.807, 2.05) is 0 Å². The van der Waals surface area contributed by atoms with Crippen LogP contribution < -0.4 is 4.90 Å². The minimum absolute atomic E-state index is 0.0766. The number of anilines is 1. The number of carbonyl (C=O) groups is 1. The highest BCUT2D eigenvalue weighted by atomic mass is 19.1. The maximum absolute atomic E-state index is 13.9. The molecule has 1 aromatic heterocycles. The van der Waals surface area contributed by atoms with Crippen molar-refractivity contribution >= 4 is 11.9 Å². The quantitative estimate of drug-likeness (QED) is 0.745. The molecule has 1 aliphatic heterocycles. The molecule has 2 heterocycles. The molecule has 0 bridgehead atoms. The summed E-state index contributed by atoms with van der Waals surface area (Å²) in [5, 5.41) is 7.80. The van der Waals surface area contributed by atoms with Gasteiger partial charge in [0.2, 0.25) is 11.8 Å². The molecule has 1 saturated carbocycles. The van der Waals surface area contributed by atoms with Gasteiger partial charge in [0.15, 0.2) is 0 Å². The van der Waals surface area contributed by atoms with Gasteiger partial charge < -0.3 is 14.2 Å². The minimum Gasteiger partial charge on any atom is -0.408 e. The Morgan fingerprint density at radius 1 is 1.42 bits per heavy atom. The highest BCUT2D eigenvalue weighted by Crippen LogP contribution is 2.28. The van der Waals surface area contributed by atoms with Gasteiger partial charge >= 0.3 is 6.01 Å². The van der Waals surface area contributed by atoms with Crippen molar-refractivity contribution in [2.75, 3.05) is 38.1 Å². The molecule has 1 aromatic rings. The molecule has 1 amide bonds. The molecule has 134 valence electrons. The number of aryl methyl sites for hydroxylation is 1. The first-order valence-electron chi connectivity index (χ1n) is 8.66. The summed E-state index contributed by atoms with van der Waals surface area (Å²) < 4.78 is 19.3. The van der Waals surface area contributed by atoms with Crippen LogP contribution in [0.2, 0.25) is 0 Å². The van der Waals surface area contributed by atoms with Gasteiger partial charge in [-0.15, -0.1) is 5.10 Å². The second-order valence-electron chi connectivity index (χ2n) is 6.81. The van der Waals surface area contributed by atoms with E-state index in [-0.39, 0.29) is 18.5 Å². The number of hydrogen-bond donors (Lipinski definition) is 0. The molecule has 0 unspecified atom stereocenters. The number of alkyl halides is 1. The molecule has 0 aromatic carbocycles. The summed E-state index contributed by atoms with van der Waals surface area (Å²) in [6.07, 6.45) is 1.80. The van der Waals surface area contributed by atoms with Crippen molar-refractivity contribution in [3.8, 4) is 0 Å². The monoisotopic (exact) mass is 339 g/mol. The van der Waals surface area contributed by atoms with Crippen LogP contribution in [0.3, 0.4) is 0 Å². The van der Waals surface area contributed by atoms with Crippen molar-refractivity contribution in [1.82, 2.24) is 20.0 Å². The first-order valence-corrected chi connectivity index (χ1v) is 8.66. The highest BCUT2D eigenvalue weighted by molar-refractivity contribution is 5.78. The smallest absolute Gasteiger partial charge is 0.318 e. The Kier molecular flexibility index (Phi) is 5.03. The lowest BCUT2D eigenvalue weighted by atomic mass is 10.2. The molecule has 2 aliphatic rings. The van der Waals surface area contributed by atoms with Gasteiger partial charge in [-0.05, 0) is 19.4 Å². The lowest BCUT2D eigenvalue weighted by Gasteiger charge is -2.29. The first kappa shape index (κ1) is 17.1. The predicted octanol–water partition coefficient (Wildman–Crippen LogP) is 1.24. The van der Waals surface area contributed by atoms with Gasteiger partial charge in [-0.3, -0.25) is 9.69 Å². The van der Waals surface area contributed by atoms with Crippen LogP contribution in [0.5, 0.6) is 0 Å². The van der Waals surface area contributed by atoms with Crippen LogP contribution in [0.15, 0.2) is 4.42 Å². The molecule has 0 radical (unpaired) electrons. The van der Waals surface area contributed by atoms with E-state index in [4.69, 9.17) is 4.42 Å². The molecule has 24 heavy (non-hydrogen) atoms. The molecule has 0 N–H and O–H groups in total. The SMILES string of the molecule is CCN(CC(=O)N(C)C[C@@H]1C[C@H](F)CN1c1nnc(C)o1)C1CC1. The van der Waals surface area contributed by atoms with Crippen LogP contribution in [0, 0.1) is 6.92 Å². The van der Waals surface area contributed by atoms with Gasteiger partial charge in [-0.2, -0.15) is 0 Å². The zero-order chi connectivity index (χ0) is 17.3. The third-order valence-corrected chi connectivity index (χ3v) is 4.84. The van der Waals surface area contributed by atoms with Gasteiger partial charge in [0.1, 0.15) is 6.17 Å². The summed E-state index contributed by atoms with van der Waals surface area (Å²) in [6, 6.07) is 0.767. The molecule has 2 atom stereocenters. The third-order valence-electron chi connectivity index (χ3n) is 4.84. The van der Waals surface area contributed by atoms with E-state index in [9.17, 15) is 9.18 Å². The Bertz CT molecular complexity index is 577. The average molecular weight is 339 g/mol. The highest BCUT2D eigenvalue weighted by Gasteiger charge is 2.37. The first-order chi connectivity index (χ1) is 11.5. The van der Waals surface area contributed by atoms with Gasteiger partial charge in [0, 0.05) is 33.0 Å². The van der Waals surface area contributed by atoms with E-state index in [2.05, 4.69) is 22.0 Å². The summed E-state index contributed by atoms with van der Waals surface area (Å²) in [5.41, 5.74) is 0. The van der Waals surface area contributed by atoms with Crippen LogP contribution in [0.1, 0.15) is 32.1 Å². The second-order valence-corrected chi connectivity index (χ2v) is 6.81. The van der Waals surface area contributed by atoms with E-state index >= 15 is 0 Å². The van der Waals surface area contributed by atoms with E-state index in [0.29, 0.717) is 37.5 Å². The van der Waals surface area contributed by atoms with Crippen molar-refractivity contribution in [2.24, 2.45) is 0 Å². The average Bonchev–Trinajstić information content (AvgIpc) is 3.20. The molecular formula is C16H26FN5O2. The van der Waals surface area contributed by atoms with Crippen molar-refractivity contribution in [3.05, 3.63) is 5.89 Å². The van der Waals surface area contributed by atoms with Gasteiger partial charge in [-0.1, -0.05) is 12.0 Å². The Morgan fingerprint density at radius 3 is 2.75 bits per heavy atom. The van der Waals surface area contributed by atoms with Gasteiger partial charge in [0.05, 0.1) is 19.1 Å². The number of rotatable bonds is 7. The third kappa shape index (κ3) is 3.85. The summed E-state index contributed by atoms with van der Waals surface area (Å²) in [7, 11) is 1.78. The number of halogens is 1. The van der Waals surface area contributed by atoms with Crippen LogP contribution in [0.25, 0.3) is 0 Å². The minimum atomic E-state index is -0.940. The number of nitrogens with zero attached hydrogens (tertiary/aromatic N) is 5. The van der Waals surface area contributed by atoms with Crippen molar-refractivity contribution < 1.29 is 13.6 Å². The Labute approximate surface area is 141 Å². The Balaban J connectivity index is 1.59. The van der Waals surface area contributed by atoms with Crippen molar-refractivity contribution in [1.29, 1.82) is 0 Å². The summed E-state index contributed by atoms with van der Waals surface area (Å²) in [5.74, 6) is 0.534. The molecule has 3 rings (SSSR count). The zero-order valence-corrected chi connectivity index (χ0v) is 14.6.